The van der Waals surface area contributed by atoms with Crippen molar-refractivity contribution in [3.05, 3.63) is 95.2 Å². The monoisotopic (exact) mass is 605 g/mol. The van der Waals surface area contributed by atoms with Crippen LogP contribution in [0.25, 0.3) is 33.7 Å². The summed E-state index contributed by atoms with van der Waals surface area (Å²) in [6.07, 6.45) is 0.710. The lowest BCUT2D eigenvalue weighted by Crippen LogP contribution is -2.12. The van der Waals surface area contributed by atoms with Crippen molar-refractivity contribution in [1.29, 1.82) is 0 Å². The Morgan fingerprint density at radius 3 is 2.36 bits per heavy atom. The predicted octanol–water partition coefficient (Wildman–Crippen LogP) is 8.49. The van der Waals surface area contributed by atoms with Crippen LogP contribution < -0.4 is 5.32 Å². The molecule has 0 saturated heterocycles. The number of amides is 1. The van der Waals surface area contributed by atoms with Gasteiger partial charge < -0.3 is 23.3 Å². The van der Waals surface area contributed by atoms with Crippen molar-refractivity contribution < 1.29 is 22.8 Å². The first-order valence-corrected chi connectivity index (χ1v) is 16.0. The molecule has 3 aromatic carbocycles. The SMILES string of the molecule is CCOP(=O)(Cc1ccc(NC(=O)CCc2oc(-c3cc4ccccc4n3C)nc2-c2ccc(Cl)cc2)cc1)OCC. The Hall–Kier alpha value is -3.68. The molecule has 0 spiro atoms. The van der Waals surface area contributed by atoms with Crippen LogP contribution in [-0.2, 0) is 38.0 Å². The number of carbonyl (C=O) groups is 1. The molecule has 1 amide bonds. The zero-order valence-electron chi connectivity index (χ0n) is 23.8. The highest BCUT2D eigenvalue weighted by atomic mass is 35.5. The van der Waals surface area contributed by atoms with E-state index < -0.39 is 7.60 Å². The van der Waals surface area contributed by atoms with E-state index in [-0.39, 0.29) is 18.5 Å². The molecule has 0 unspecified atom stereocenters. The summed E-state index contributed by atoms with van der Waals surface area (Å²) in [4.78, 5) is 17.8. The van der Waals surface area contributed by atoms with Crippen LogP contribution in [0.4, 0.5) is 5.69 Å². The van der Waals surface area contributed by atoms with E-state index in [1.165, 1.54) is 0 Å². The second kappa shape index (κ2) is 13.1. The third-order valence-electron chi connectivity index (χ3n) is 6.83. The molecule has 5 rings (SSSR count). The normalized spacial score (nSPS) is 11.7. The van der Waals surface area contributed by atoms with Gasteiger partial charge in [0.25, 0.3) is 0 Å². The molecule has 0 aliphatic carbocycles. The number of aryl methyl sites for hydroxylation is 2. The van der Waals surface area contributed by atoms with Crippen LogP contribution >= 0.6 is 19.2 Å². The molecular weight excluding hydrogens is 573 g/mol. The number of nitrogens with one attached hydrogen (secondary N) is 1. The molecule has 2 heterocycles. The highest BCUT2D eigenvalue weighted by Crippen LogP contribution is 2.51. The highest BCUT2D eigenvalue weighted by molar-refractivity contribution is 7.53. The fraction of sp³-hybridized carbons (Fsp3) is 0.250. The number of benzene rings is 3. The lowest BCUT2D eigenvalue weighted by molar-refractivity contribution is -0.116. The standard InChI is InChI=1S/C32H33ClN3O5P/c1-4-39-42(38,40-5-2)21-22-10-16-26(17-11-22)34-30(37)19-18-29-31(23-12-14-25(33)15-13-23)35-32(41-29)28-20-24-8-6-7-9-27(24)36(28)3/h6-17,20H,4-5,18-19,21H2,1-3H3,(H,34,37). The molecule has 0 bridgehead atoms. The molecule has 5 aromatic rings. The molecule has 42 heavy (non-hydrogen) atoms. The summed E-state index contributed by atoms with van der Waals surface area (Å²) in [6, 6.07) is 24.7. The summed E-state index contributed by atoms with van der Waals surface area (Å²) in [7, 11) is -1.23. The zero-order chi connectivity index (χ0) is 29.7. The van der Waals surface area contributed by atoms with Gasteiger partial charge in [-0.15, -0.1) is 0 Å². The van der Waals surface area contributed by atoms with E-state index >= 15 is 0 Å². The maximum atomic E-state index is 12.9. The summed E-state index contributed by atoms with van der Waals surface area (Å²) in [5.74, 6) is 0.938. The van der Waals surface area contributed by atoms with Crippen LogP contribution in [0, 0.1) is 0 Å². The van der Waals surface area contributed by atoms with Gasteiger partial charge in [0.05, 0.1) is 19.4 Å². The highest BCUT2D eigenvalue weighted by Gasteiger charge is 2.24. The van der Waals surface area contributed by atoms with Crippen molar-refractivity contribution in [3.8, 4) is 22.8 Å². The number of rotatable bonds is 12. The molecule has 10 heteroatoms. The van der Waals surface area contributed by atoms with Gasteiger partial charge >= 0.3 is 7.60 Å². The number of para-hydroxylation sites is 1. The van der Waals surface area contributed by atoms with Crippen molar-refractivity contribution in [3.63, 3.8) is 0 Å². The van der Waals surface area contributed by atoms with Gasteiger partial charge in [-0.25, -0.2) is 4.98 Å². The van der Waals surface area contributed by atoms with E-state index in [4.69, 9.17) is 30.0 Å². The van der Waals surface area contributed by atoms with E-state index in [9.17, 15) is 9.36 Å². The average molecular weight is 606 g/mol. The smallest absolute Gasteiger partial charge is 0.335 e. The second-order valence-electron chi connectivity index (χ2n) is 9.79. The van der Waals surface area contributed by atoms with Gasteiger partial charge in [0.15, 0.2) is 0 Å². The number of oxazole rings is 1. The van der Waals surface area contributed by atoms with Crippen LogP contribution in [0.5, 0.6) is 0 Å². The van der Waals surface area contributed by atoms with Gasteiger partial charge in [0.1, 0.15) is 17.1 Å². The predicted molar refractivity (Wildman–Crippen MR) is 167 cm³/mol. The lowest BCUT2D eigenvalue weighted by atomic mass is 10.1. The van der Waals surface area contributed by atoms with Crippen molar-refractivity contribution in [2.45, 2.75) is 32.9 Å². The summed E-state index contributed by atoms with van der Waals surface area (Å²) >= 11 is 6.13. The molecule has 0 aliphatic heterocycles. The van der Waals surface area contributed by atoms with Crippen LogP contribution in [0.1, 0.15) is 31.6 Å². The second-order valence-corrected chi connectivity index (χ2v) is 12.3. The third-order valence-corrected chi connectivity index (χ3v) is 9.14. The molecule has 0 atom stereocenters. The Labute approximate surface area is 250 Å². The first-order valence-electron chi connectivity index (χ1n) is 13.9. The molecule has 218 valence electrons. The Morgan fingerprint density at radius 2 is 1.69 bits per heavy atom. The quantitative estimate of drug-likeness (QED) is 0.143. The largest absolute Gasteiger partial charge is 0.439 e. The van der Waals surface area contributed by atoms with Crippen molar-refractivity contribution >= 4 is 41.7 Å². The van der Waals surface area contributed by atoms with E-state index in [1.54, 1.807) is 26.0 Å². The average Bonchev–Trinajstić information content (AvgIpc) is 3.55. The van der Waals surface area contributed by atoms with Gasteiger partial charge in [-0.3, -0.25) is 9.36 Å². The Balaban J connectivity index is 1.31. The molecule has 8 nitrogen and oxygen atoms in total. The van der Waals surface area contributed by atoms with Crippen molar-refractivity contribution in [2.75, 3.05) is 18.5 Å². The number of halogens is 1. The van der Waals surface area contributed by atoms with Gasteiger partial charge in [0, 0.05) is 47.1 Å². The topological polar surface area (TPSA) is 95.6 Å². The van der Waals surface area contributed by atoms with Gasteiger partial charge in [-0.1, -0.05) is 54.1 Å². The Morgan fingerprint density at radius 1 is 1.00 bits per heavy atom. The Bertz CT molecular complexity index is 1720. The first kappa shape index (κ1) is 29.8. The minimum absolute atomic E-state index is 0.165. The molecule has 0 radical (unpaired) electrons. The summed E-state index contributed by atoms with van der Waals surface area (Å²) in [6.45, 7) is 4.18. The van der Waals surface area contributed by atoms with Crippen molar-refractivity contribution in [2.24, 2.45) is 7.05 Å². The number of hydrogen-bond donors (Lipinski definition) is 1. The summed E-state index contributed by atoms with van der Waals surface area (Å²) < 4.78 is 32.0. The van der Waals surface area contributed by atoms with E-state index in [1.807, 2.05) is 55.6 Å². The lowest BCUT2D eigenvalue weighted by Gasteiger charge is -2.17. The van der Waals surface area contributed by atoms with E-state index in [2.05, 4.69) is 28.1 Å². The molecule has 0 fully saturated rings. The molecule has 2 aromatic heterocycles. The fourth-order valence-electron chi connectivity index (χ4n) is 4.85. The van der Waals surface area contributed by atoms with Gasteiger partial charge in [0.2, 0.25) is 11.8 Å². The van der Waals surface area contributed by atoms with E-state index in [0.29, 0.717) is 47.7 Å². The minimum Gasteiger partial charge on any atom is -0.439 e. The van der Waals surface area contributed by atoms with Crippen LogP contribution in [0.3, 0.4) is 0 Å². The summed E-state index contributed by atoms with van der Waals surface area (Å²) in [5.41, 5.74) is 4.89. The zero-order valence-corrected chi connectivity index (χ0v) is 25.5. The molecular formula is C32H33ClN3O5P. The number of anilines is 1. The number of nitrogens with zero attached hydrogens (tertiary/aromatic N) is 2. The van der Waals surface area contributed by atoms with Gasteiger partial charge in [-0.05, 0) is 55.8 Å². The number of carbonyl (C=O) groups excluding carboxylic acids is 1. The van der Waals surface area contributed by atoms with Crippen LogP contribution in [-0.4, -0.2) is 28.7 Å². The maximum Gasteiger partial charge on any atom is 0.335 e. The van der Waals surface area contributed by atoms with E-state index in [0.717, 1.165) is 27.7 Å². The summed E-state index contributed by atoms with van der Waals surface area (Å²) in [5, 5.41) is 4.65. The van der Waals surface area contributed by atoms with Gasteiger partial charge in [-0.2, -0.15) is 0 Å². The number of hydrogen-bond acceptors (Lipinski definition) is 6. The first-order chi connectivity index (χ1) is 20.3. The number of fused-ring (bicyclic) bond motifs is 1. The number of aromatic nitrogens is 2. The maximum absolute atomic E-state index is 12.9. The molecule has 0 aliphatic rings. The van der Waals surface area contributed by atoms with Crippen LogP contribution in [0.15, 0.2) is 83.3 Å². The van der Waals surface area contributed by atoms with Crippen LogP contribution in [0.2, 0.25) is 5.02 Å². The molecule has 0 saturated carbocycles. The molecule has 1 N–H and O–H groups in total. The minimum atomic E-state index is -3.21. The Kier molecular flexibility index (Phi) is 9.29. The fourth-order valence-corrected chi connectivity index (χ4v) is 6.68. The van der Waals surface area contributed by atoms with Crippen molar-refractivity contribution in [1.82, 2.24) is 9.55 Å². The third kappa shape index (κ3) is 6.85.